The first-order valence-corrected chi connectivity index (χ1v) is 10.1. The minimum absolute atomic E-state index is 0.220. The van der Waals surface area contributed by atoms with Crippen LogP contribution in [-0.4, -0.2) is 46.7 Å². The third-order valence-electron chi connectivity index (χ3n) is 5.63. The minimum atomic E-state index is 0.220. The fourth-order valence-electron chi connectivity index (χ4n) is 4.04. The average molecular weight is 369 g/mol. The summed E-state index contributed by atoms with van der Waals surface area (Å²) in [6.45, 7) is 2.22. The largest absolute Gasteiger partial charge is 0.378 e. The Morgan fingerprint density at radius 1 is 1.11 bits per heavy atom. The molecule has 2 aliphatic rings. The van der Waals surface area contributed by atoms with Crippen molar-refractivity contribution in [3.8, 4) is 11.5 Å². The molecule has 0 atom stereocenters. The summed E-state index contributed by atoms with van der Waals surface area (Å²) < 4.78 is 11.3. The number of nitrogens with zero attached hydrogens (tertiary/aromatic N) is 3. The number of aromatic nitrogens is 2. The lowest BCUT2D eigenvalue weighted by Gasteiger charge is -2.33. The molecule has 1 saturated heterocycles. The van der Waals surface area contributed by atoms with Crippen LogP contribution in [0.15, 0.2) is 34.9 Å². The Balaban J connectivity index is 1.18. The molecule has 144 valence electrons. The van der Waals surface area contributed by atoms with Crippen LogP contribution in [0.1, 0.15) is 44.3 Å². The summed E-state index contributed by atoms with van der Waals surface area (Å²) in [6, 6.07) is 9.77. The average Bonchev–Trinajstić information content (AvgIpc) is 3.41. The zero-order valence-electron chi connectivity index (χ0n) is 15.7. The molecule has 2 fully saturated rings. The van der Waals surface area contributed by atoms with Crippen LogP contribution in [0.3, 0.4) is 0 Å². The molecule has 1 aromatic heterocycles. The summed E-state index contributed by atoms with van der Waals surface area (Å²) in [4.78, 5) is 19.0. The Kier molecular flexibility index (Phi) is 5.82. The van der Waals surface area contributed by atoms with E-state index in [9.17, 15) is 4.79 Å². The molecule has 6 nitrogen and oxygen atoms in total. The maximum Gasteiger partial charge on any atom is 0.257 e. The highest BCUT2D eigenvalue weighted by Crippen LogP contribution is 2.28. The van der Waals surface area contributed by atoms with Gasteiger partial charge < -0.3 is 14.2 Å². The van der Waals surface area contributed by atoms with E-state index in [-0.39, 0.29) is 12.0 Å². The topological polar surface area (TPSA) is 68.5 Å². The fourth-order valence-corrected chi connectivity index (χ4v) is 4.04. The van der Waals surface area contributed by atoms with E-state index in [4.69, 9.17) is 9.26 Å². The molecular weight excluding hydrogens is 342 g/mol. The van der Waals surface area contributed by atoms with Gasteiger partial charge in [0.15, 0.2) is 5.82 Å². The van der Waals surface area contributed by atoms with E-state index in [0.29, 0.717) is 30.7 Å². The van der Waals surface area contributed by atoms with Crippen LogP contribution >= 0.6 is 0 Å². The highest BCUT2D eigenvalue weighted by molar-refractivity contribution is 5.79. The van der Waals surface area contributed by atoms with Gasteiger partial charge in [-0.1, -0.05) is 36.2 Å². The number of carbonyl (C=O) groups is 1. The zero-order valence-corrected chi connectivity index (χ0v) is 15.7. The van der Waals surface area contributed by atoms with Gasteiger partial charge in [-0.15, -0.1) is 0 Å². The Bertz CT molecular complexity index is 732. The summed E-state index contributed by atoms with van der Waals surface area (Å²) in [5.41, 5.74) is 0.927. The second-order valence-corrected chi connectivity index (χ2v) is 7.51. The van der Waals surface area contributed by atoms with E-state index in [2.05, 4.69) is 10.1 Å². The van der Waals surface area contributed by atoms with E-state index in [0.717, 1.165) is 44.3 Å². The zero-order chi connectivity index (χ0) is 18.5. The van der Waals surface area contributed by atoms with Gasteiger partial charge in [0.1, 0.15) is 0 Å². The van der Waals surface area contributed by atoms with Crippen LogP contribution in [0.4, 0.5) is 0 Å². The molecule has 1 aliphatic heterocycles. The lowest BCUT2D eigenvalue weighted by molar-refractivity contribution is -0.138. The highest BCUT2D eigenvalue weighted by Gasteiger charge is 2.30. The second kappa shape index (κ2) is 8.65. The van der Waals surface area contributed by atoms with Gasteiger partial charge in [0, 0.05) is 31.0 Å². The Morgan fingerprint density at radius 3 is 2.59 bits per heavy atom. The van der Waals surface area contributed by atoms with Crippen molar-refractivity contribution in [1.29, 1.82) is 0 Å². The van der Waals surface area contributed by atoms with Crippen LogP contribution in [-0.2, 0) is 16.0 Å². The Hall–Kier alpha value is -2.21. The summed E-state index contributed by atoms with van der Waals surface area (Å²) in [7, 11) is 0. The van der Waals surface area contributed by atoms with Crippen molar-refractivity contribution in [3.63, 3.8) is 0 Å². The van der Waals surface area contributed by atoms with E-state index < -0.39 is 0 Å². The van der Waals surface area contributed by atoms with Crippen LogP contribution in [0.2, 0.25) is 0 Å². The van der Waals surface area contributed by atoms with Crippen LogP contribution in [0.25, 0.3) is 11.5 Å². The quantitative estimate of drug-likeness (QED) is 0.780. The number of hydrogen-bond donors (Lipinski definition) is 0. The number of carbonyl (C=O) groups excluding carboxylic acids is 1. The highest BCUT2D eigenvalue weighted by atomic mass is 16.5. The Morgan fingerprint density at radius 2 is 1.85 bits per heavy atom. The SMILES string of the molecule is O=C(C1CCCC1)N1CCC(OCCc2noc(-c3ccccc3)n2)CC1. The first-order valence-electron chi connectivity index (χ1n) is 10.1. The smallest absolute Gasteiger partial charge is 0.257 e. The first kappa shape index (κ1) is 18.2. The molecule has 1 saturated carbocycles. The molecule has 0 unspecified atom stereocenters. The monoisotopic (exact) mass is 369 g/mol. The lowest BCUT2D eigenvalue weighted by Crippen LogP contribution is -2.43. The number of rotatable bonds is 6. The molecule has 2 aromatic rings. The molecule has 0 N–H and O–H groups in total. The van der Waals surface area contributed by atoms with Gasteiger partial charge in [0.25, 0.3) is 5.89 Å². The van der Waals surface area contributed by atoms with E-state index >= 15 is 0 Å². The van der Waals surface area contributed by atoms with Gasteiger partial charge in [-0.3, -0.25) is 4.79 Å². The molecule has 0 radical (unpaired) electrons. The van der Waals surface area contributed by atoms with Gasteiger partial charge in [0.2, 0.25) is 5.91 Å². The standard InChI is InChI=1S/C21H27N3O3/c25-21(17-8-4-5-9-17)24-13-10-18(11-14-24)26-15-12-19-22-20(27-23-19)16-6-2-1-3-7-16/h1-3,6-7,17-18H,4-5,8-15H2. The predicted molar refractivity (Wildman–Crippen MR) is 101 cm³/mol. The summed E-state index contributed by atoms with van der Waals surface area (Å²) in [5.74, 6) is 1.86. The number of benzene rings is 1. The normalized spacial score (nSPS) is 18.9. The van der Waals surface area contributed by atoms with Crippen molar-refractivity contribution < 1.29 is 14.1 Å². The maximum absolute atomic E-state index is 12.5. The fraction of sp³-hybridized carbons (Fsp3) is 0.571. The molecule has 6 heteroatoms. The lowest BCUT2D eigenvalue weighted by atomic mass is 10.0. The molecule has 1 aromatic carbocycles. The minimum Gasteiger partial charge on any atom is -0.378 e. The summed E-state index contributed by atoms with van der Waals surface area (Å²) >= 11 is 0. The number of likely N-dealkylation sites (tertiary alicyclic amines) is 1. The van der Waals surface area contributed by atoms with Crippen LogP contribution in [0, 0.1) is 5.92 Å². The molecule has 0 bridgehead atoms. The third-order valence-corrected chi connectivity index (χ3v) is 5.63. The van der Waals surface area contributed by atoms with Crippen LogP contribution < -0.4 is 0 Å². The predicted octanol–water partition coefficient (Wildman–Crippen LogP) is 3.48. The van der Waals surface area contributed by atoms with Crippen molar-refractivity contribution in [2.75, 3.05) is 19.7 Å². The first-order chi connectivity index (χ1) is 13.3. The van der Waals surface area contributed by atoms with E-state index in [1.807, 2.05) is 35.2 Å². The van der Waals surface area contributed by atoms with E-state index in [1.54, 1.807) is 0 Å². The number of amides is 1. The van der Waals surface area contributed by atoms with Gasteiger partial charge in [-0.25, -0.2) is 0 Å². The number of hydrogen-bond acceptors (Lipinski definition) is 5. The van der Waals surface area contributed by atoms with Crippen LogP contribution in [0.5, 0.6) is 0 Å². The molecule has 0 spiro atoms. The number of piperidine rings is 1. The second-order valence-electron chi connectivity index (χ2n) is 7.51. The molecular formula is C21H27N3O3. The molecule has 1 amide bonds. The summed E-state index contributed by atoms with van der Waals surface area (Å²) in [6.07, 6.45) is 7.25. The van der Waals surface area contributed by atoms with Gasteiger partial charge in [-0.2, -0.15) is 4.98 Å². The number of ether oxygens (including phenoxy) is 1. The maximum atomic E-state index is 12.5. The summed E-state index contributed by atoms with van der Waals surface area (Å²) in [5, 5.41) is 4.04. The van der Waals surface area contributed by atoms with Crippen molar-refractivity contribution in [2.45, 2.75) is 51.0 Å². The molecule has 27 heavy (non-hydrogen) atoms. The third kappa shape index (κ3) is 4.56. The molecule has 2 heterocycles. The van der Waals surface area contributed by atoms with Crippen molar-refractivity contribution >= 4 is 5.91 Å². The Labute approximate surface area is 159 Å². The molecule has 1 aliphatic carbocycles. The van der Waals surface area contributed by atoms with Crippen molar-refractivity contribution in [1.82, 2.24) is 15.0 Å². The van der Waals surface area contributed by atoms with Gasteiger partial charge in [0.05, 0.1) is 12.7 Å². The van der Waals surface area contributed by atoms with Gasteiger partial charge >= 0.3 is 0 Å². The van der Waals surface area contributed by atoms with E-state index in [1.165, 1.54) is 12.8 Å². The molecule has 4 rings (SSSR count). The van der Waals surface area contributed by atoms with Crippen molar-refractivity contribution in [2.24, 2.45) is 5.92 Å². The van der Waals surface area contributed by atoms with Crippen molar-refractivity contribution in [3.05, 3.63) is 36.2 Å². The van der Waals surface area contributed by atoms with Gasteiger partial charge in [-0.05, 0) is 37.8 Å².